The van der Waals surface area contributed by atoms with Crippen molar-refractivity contribution in [2.75, 3.05) is 0 Å². The summed E-state index contributed by atoms with van der Waals surface area (Å²) in [6.07, 6.45) is 9.04. The molecule has 2 unspecified atom stereocenters. The van der Waals surface area contributed by atoms with E-state index in [1.807, 2.05) is 19.4 Å². The van der Waals surface area contributed by atoms with Crippen molar-refractivity contribution in [1.29, 1.82) is 0 Å². The summed E-state index contributed by atoms with van der Waals surface area (Å²) in [5.74, 6) is 0.795. The van der Waals surface area contributed by atoms with Crippen molar-refractivity contribution in [2.24, 2.45) is 18.7 Å². The molecule has 1 aliphatic rings. The quantitative estimate of drug-likeness (QED) is 0.885. The van der Waals surface area contributed by atoms with Crippen LogP contribution in [-0.2, 0) is 18.3 Å². The minimum Gasteiger partial charge on any atom is -0.319 e. The van der Waals surface area contributed by atoms with Gasteiger partial charge in [0.2, 0.25) is 0 Å². The molecule has 1 aromatic heterocycles. The molecule has 0 amide bonds. The molecule has 2 atom stereocenters. The number of rotatable bonds is 4. The van der Waals surface area contributed by atoms with E-state index in [-0.39, 0.29) is 5.78 Å². The second-order valence-corrected chi connectivity index (χ2v) is 5.80. The number of ketones is 1. The summed E-state index contributed by atoms with van der Waals surface area (Å²) < 4.78 is 1.76. The molecule has 18 heavy (non-hydrogen) atoms. The zero-order valence-electron chi connectivity index (χ0n) is 11.4. The highest BCUT2D eigenvalue weighted by Crippen LogP contribution is 2.31. The van der Waals surface area contributed by atoms with Gasteiger partial charge in [0.1, 0.15) is 0 Å². The molecule has 0 radical (unpaired) electrons. The van der Waals surface area contributed by atoms with E-state index in [9.17, 15) is 4.79 Å². The number of carbonyl (C=O) groups is 1. The fourth-order valence-corrected chi connectivity index (χ4v) is 2.95. The maximum atomic E-state index is 12.3. The van der Waals surface area contributed by atoms with Gasteiger partial charge in [-0.1, -0.05) is 19.8 Å². The van der Waals surface area contributed by atoms with Gasteiger partial charge in [-0.25, -0.2) is 0 Å². The number of hydrogen-bond acceptors (Lipinski definition) is 3. The average Bonchev–Trinajstić information content (AvgIpc) is 2.71. The Hall–Kier alpha value is -1.16. The van der Waals surface area contributed by atoms with Crippen molar-refractivity contribution in [1.82, 2.24) is 9.78 Å². The molecule has 1 fully saturated rings. The van der Waals surface area contributed by atoms with Gasteiger partial charge in [0.15, 0.2) is 5.78 Å². The summed E-state index contributed by atoms with van der Waals surface area (Å²) in [5.41, 5.74) is 6.83. The third-order valence-corrected chi connectivity index (χ3v) is 3.99. The molecule has 1 aliphatic carbocycles. The van der Waals surface area contributed by atoms with Crippen LogP contribution in [0.4, 0.5) is 0 Å². The smallest absolute Gasteiger partial charge is 0.152 e. The Morgan fingerprint density at radius 2 is 2.44 bits per heavy atom. The molecule has 1 heterocycles. The molecule has 4 heteroatoms. The SMILES string of the molecule is CC1CCCC(N)(C(=O)CCc2cnn(C)c2)C1. The molecule has 0 spiro atoms. The van der Waals surface area contributed by atoms with Gasteiger partial charge in [0, 0.05) is 19.7 Å². The summed E-state index contributed by atoms with van der Waals surface area (Å²) in [5, 5.41) is 4.11. The van der Waals surface area contributed by atoms with Gasteiger partial charge < -0.3 is 5.73 Å². The first-order valence-electron chi connectivity index (χ1n) is 6.79. The summed E-state index contributed by atoms with van der Waals surface area (Å²) >= 11 is 0. The summed E-state index contributed by atoms with van der Waals surface area (Å²) in [6, 6.07) is 0. The molecule has 2 N–H and O–H groups in total. The lowest BCUT2D eigenvalue weighted by molar-refractivity contribution is -0.125. The van der Waals surface area contributed by atoms with E-state index in [0.717, 1.165) is 31.2 Å². The lowest BCUT2D eigenvalue weighted by Crippen LogP contribution is -2.51. The molecule has 0 aliphatic heterocycles. The summed E-state index contributed by atoms with van der Waals surface area (Å²) in [4.78, 5) is 12.3. The van der Waals surface area contributed by atoms with Gasteiger partial charge in [-0.3, -0.25) is 9.48 Å². The molecular formula is C14H23N3O. The average molecular weight is 249 g/mol. The van der Waals surface area contributed by atoms with E-state index >= 15 is 0 Å². The van der Waals surface area contributed by atoms with Crippen LogP contribution in [-0.4, -0.2) is 21.1 Å². The minimum atomic E-state index is -0.570. The van der Waals surface area contributed by atoms with Crippen molar-refractivity contribution in [3.8, 4) is 0 Å². The number of hydrogen-bond donors (Lipinski definition) is 1. The number of aryl methyl sites for hydroxylation is 2. The molecule has 1 saturated carbocycles. The van der Waals surface area contributed by atoms with E-state index in [4.69, 9.17) is 5.73 Å². The normalized spacial score (nSPS) is 28.3. The highest BCUT2D eigenvalue weighted by Gasteiger charge is 2.36. The number of aromatic nitrogens is 2. The summed E-state index contributed by atoms with van der Waals surface area (Å²) in [7, 11) is 1.89. The van der Waals surface area contributed by atoms with Crippen LogP contribution in [0, 0.1) is 5.92 Å². The third kappa shape index (κ3) is 2.99. The largest absolute Gasteiger partial charge is 0.319 e. The Morgan fingerprint density at radius 1 is 1.67 bits per heavy atom. The zero-order chi connectivity index (χ0) is 13.2. The van der Waals surface area contributed by atoms with Crippen molar-refractivity contribution < 1.29 is 4.79 Å². The Bertz CT molecular complexity index is 426. The van der Waals surface area contributed by atoms with E-state index in [1.54, 1.807) is 4.68 Å². The zero-order valence-corrected chi connectivity index (χ0v) is 11.4. The molecule has 1 aromatic rings. The highest BCUT2D eigenvalue weighted by molar-refractivity contribution is 5.88. The van der Waals surface area contributed by atoms with Crippen LogP contribution in [0.1, 0.15) is 44.6 Å². The number of Topliss-reactive ketones (excluding diaryl/α,β-unsaturated/α-hetero) is 1. The minimum absolute atomic E-state index is 0.220. The Balaban J connectivity index is 1.91. The second-order valence-electron chi connectivity index (χ2n) is 5.80. The third-order valence-electron chi connectivity index (χ3n) is 3.99. The van der Waals surface area contributed by atoms with Gasteiger partial charge in [-0.05, 0) is 30.7 Å². The maximum absolute atomic E-state index is 12.3. The van der Waals surface area contributed by atoms with Gasteiger partial charge >= 0.3 is 0 Å². The van der Waals surface area contributed by atoms with Crippen LogP contribution < -0.4 is 5.73 Å². The molecule has 0 saturated heterocycles. The maximum Gasteiger partial charge on any atom is 0.152 e. The van der Waals surface area contributed by atoms with Crippen molar-refractivity contribution in [2.45, 2.75) is 51.0 Å². The van der Waals surface area contributed by atoms with E-state index in [2.05, 4.69) is 12.0 Å². The lowest BCUT2D eigenvalue weighted by Gasteiger charge is -2.35. The Labute approximate surface area is 109 Å². The standard InChI is InChI=1S/C14H23N3O/c1-11-4-3-7-14(15,8-11)13(18)6-5-12-9-16-17(2)10-12/h9-11H,3-8,15H2,1-2H3. The fourth-order valence-electron chi connectivity index (χ4n) is 2.95. The number of nitrogens with two attached hydrogens (primary N) is 1. The van der Waals surface area contributed by atoms with Crippen LogP contribution in [0.2, 0.25) is 0 Å². The molecular weight excluding hydrogens is 226 g/mol. The first-order valence-corrected chi connectivity index (χ1v) is 6.79. The molecule has 100 valence electrons. The van der Waals surface area contributed by atoms with Crippen molar-refractivity contribution >= 4 is 5.78 Å². The second kappa shape index (κ2) is 5.22. The monoisotopic (exact) mass is 249 g/mol. The van der Waals surface area contributed by atoms with Crippen molar-refractivity contribution in [3.05, 3.63) is 18.0 Å². The predicted octanol–water partition coefficient (Wildman–Crippen LogP) is 1.83. The van der Waals surface area contributed by atoms with Gasteiger partial charge in [-0.15, -0.1) is 0 Å². The molecule has 2 rings (SSSR count). The van der Waals surface area contributed by atoms with Crippen LogP contribution in [0.15, 0.2) is 12.4 Å². The Morgan fingerprint density at radius 3 is 3.06 bits per heavy atom. The molecule has 4 nitrogen and oxygen atoms in total. The summed E-state index contributed by atoms with van der Waals surface area (Å²) in [6.45, 7) is 2.19. The van der Waals surface area contributed by atoms with Crippen LogP contribution in [0.5, 0.6) is 0 Å². The van der Waals surface area contributed by atoms with E-state index in [0.29, 0.717) is 12.3 Å². The number of nitrogens with zero attached hydrogens (tertiary/aromatic N) is 2. The van der Waals surface area contributed by atoms with Gasteiger partial charge in [-0.2, -0.15) is 5.10 Å². The van der Waals surface area contributed by atoms with Crippen LogP contribution in [0.3, 0.4) is 0 Å². The fraction of sp³-hybridized carbons (Fsp3) is 0.714. The van der Waals surface area contributed by atoms with Crippen LogP contribution >= 0.6 is 0 Å². The molecule has 0 aromatic carbocycles. The van der Waals surface area contributed by atoms with Crippen molar-refractivity contribution in [3.63, 3.8) is 0 Å². The topological polar surface area (TPSA) is 60.9 Å². The predicted molar refractivity (Wildman–Crippen MR) is 71.1 cm³/mol. The Kier molecular flexibility index (Phi) is 3.85. The first-order chi connectivity index (χ1) is 8.49. The number of carbonyl (C=O) groups excluding carboxylic acids is 1. The lowest BCUT2D eigenvalue weighted by atomic mass is 9.73. The van der Waals surface area contributed by atoms with E-state index < -0.39 is 5.54 Å². The van der Waals surface area contributed by atoms with E-state index in [1.165, 1.54) is 6.42 Å². The van der Waals surface area contributed by atoms with Crippen LogP contribution in [0.25, 0.3) is 0 Å². The molecule has 0 bridgehead atoms. The first kappa shape index (κ1) is 13.3. The van der Waals surface area contributed by atoms with Gasteiger partial charge in [0.05, 0.1) is 11.7 Å². The highest BCUT2D eigenvalue weighted by atomic mass is 16.1. The van der Waals surface area contributed by atoms with Gasteiger partial charge in [0.25, 0.3) is 0 Å².